The van der Waals surface area contributed by atoms with E-state index in [9.17, 15) is 10.5 Å². The van der Waals surface area contributed by atoms with Crippen molar-refractivity contribution < 1.29 is 9.47 Å². The molecule has 0 saturated heterocycles. The summed E-state index contributed by atoms with van der Waals surface area (Å²) >= 11 is 0. The highest BCUT2D eigenvalue weighted by molar-refractivity contribution is 5.97. The Morgan fingerprint density at radius 3 is 1.37 bits per heavy atom. The molecular weight excluding hydrogens is 564 g/mol. The second-order valence-corrected chi connectivity index (χ2v) is 17.7. The first-order valence-corrected chi connectivity index (χ1v) is 18.9. The Kier molecular flexibility index (Phi) is 4.83. The van der Waals surface area contributed by atoms with Crippen molar-refractivity contribution in [2.45, 2.75) is 63.2 Å². The zero-order chi connectivity index (χ0) is 30.3. The molecule has 0 aliphatic heterocycles. The van der Waals surface area contributed by atoms with Gasteiger partial charge in [-0.2, -0.15) is 10.5 Å². The Morgan fingerprint density at radius 2 is 0.935 bits per heavy atom. The Balaban J connectivity index is 0.963. The van der Waals surface area contributed by atoms with Gasteiger partial charge in [0.15, 0.2) is 0 Å². The van der Waals surface area contributed by atoms with Crippen molar-refractivity contribution in [1.82, 2.24) is 0 Å². The maximum absolute atomic E-state index is 9.95. The van der Waals surface area contributed by atoms with Gasteiger partial charge in [0.25, 0.3) is 0 Å². The van der Waals surface area contributed by atoms with Crippen molar-refractivity contribution in [2.24, 2.45) is 94.7 Å². The number of ether oxygens (including phenoxy) is 2. The van der Waals surface area contributed by atoms with E-state index in [-0.39, 0.29) is 0 Å². The summed E-state index contributed by atoms with van der Waals surface area (Å²) in [6.07, 6.45) is 11.0. The predicted molar refractivity (Wildman–Crippen MR) is 174 cm³/mol. The standard InChI is InChI=1S/C42H44N2O2/c1-45-41-18-5-3-4-6-19(18)42(46-2)40-25-12-11-24(39(40)41)35-28-14-29(36(25)35)38-27-13-26(37(28)38)33-22-9-10-23(34(27)33)32-21-8-7-20(31(22)32)30(21)17(15-43)16-44/h3-6,20-29,31-38H,7-14H2,1-2H3/t20-,21+,22+,23-,24+,25-,26-,27+,28-,29+,31+,32-,33?,34?,35?,36?,37?,38?. The molecular formula is C42H44N2O2. The average molecular weight is 609 g/mol. The summed E-state index contributed by atoms with van der Waals surface area (Å²) in [6.45, 7) is 0. The van der Waals surface area contributed by atoms with Crippen LogP contribution in [0.1, 0.15) is 74.3 Å². The highest BCUT2D eigenvalue weighted by Crippen LogP contribution is 2.83. The van der Waals surface area contributed by atoms with E-state index < -0.39 is 0 Å². The monoisotopic (exact) mass is 608 g/mol. The molecule has 18 atom stereocenters. The second-order valence-electron chi connectivity index (χ2n) is 17.7. The first-order chi connectivity index (χ1) is 22.7. The zero-order valence-corrected chi connectivity index (χ0v) is 27.1. The van der Waals surface area contributed by atoms with E-state index in [4.69, 9.17) is 9.47 Å². The molecule has 0 N–H and O–H groups in total. The maximum atomic E-state index is 9.95. The van der Waals surface area contributed by atoms with E-state index in [1.165, 1.54) is 78.8 Å². The highest BCUT2D eigenvalue weighted by atomic mass is 16.5. The van der Waals surface area contributed by atoms with Gasteiger partial charge >= 0.3 is 0 Å². The zero-order valence-electron chi connectivity index (χ0n) is 27.1. The van der Waals surface area contributed by atoms with Gasteiger partial charge in [-0.1, -0.05) is 24.3 Å². The lowest BCUT2D eigenvalue weighted by molar-refractivity contribution is -0.153. The topological polar surface area (TPSA) is 66.0 Å². The fourth-order valence-corrected chi connectivity index (χ4v) is 17.8. The lowest BCUT2D eigenvalue weighted by Gasteiger charge is -2.64. The molecule has 4 heteroatoms. The van der Waals surface area contributed by atoms with Crippen LogP contribution >= 0.6 is 0 Å². The molecule has 2 aromatic rings. The van der Waals surface area contributed by atoms with E-state index in [1.807, 2.05) is 14.2 Å². The molecule has 0 amide bonds. The van der Waals surface area contributed by atoms with Gasteiger partial charge in [-0.3, -0.25) is 0 Å². The number of hydrogen-bond donors (Lipinski definition) is 0. The van der Waals surface area contributed by atoms with Crippen LogP contribution in [-0.4, -0.2) is 14.2 Å². The van der Waals surface area contributed by atoms with Crippen LogP contribution in [-0.2, 0) is 0 Å². The lowest BCUT2D eigenvalue weighted by Crippen LogP contribution is -2.58. The number of rotatable bonds is 2. The third kappa shape index (κ3) is 2.60. The smallest absolute Gasteiger partial charge is 0.130 e. The summed E-state index contributed by atoms with van der Waals surface area (Å²) in [5.74, 6) is 17.0. The van der Waals surface area contributed by atoms with Crippen molar-refractivity contribution >= 4 is 10.8 Å². The quantitative estimate of drug-likeness (QED) is 0.253. The van der Waals surface area contributed by atoms with Crippen molar-refractivity contribution in [3.63, 3.8) is 0 Å². The van der Waals surface area contributed by atoms with Crippen LogP contribution in [0, 0.1) is 117 Å². The van der Waals surface area contributed by atoms with Gasteiger partial charge in [0.1, 0.15) is 29.2 Å². The van der Waals surface area contributed by atoms with Crippen molar-refractivity contribution in [3.8, 4) is 23.6 Å². The minimum Gasteiger partial charge on any atom is -0.496 e. The van der Waals surface area contributed by atoms with Crippen molar-refractivity contribution in [2.75, 3.05) is 14.2 Å². The van der Waals surface area contributed by atoms with E-state index in [1.54, 1.807) is 0 Å². The predicted octanol–water partition coefficient (Wildman–Crippen LogP) is 8.48. The van der Waals surface area contributed by atoms with E-state index in [0.717, 1.165) is 94.3 Å². The van der Waals surface area contributed by atoms with Gasteiger partial charge in [0.2, 0.25) is 0 Å². The van der Waals surface area contributed by atoms with Gasteiger partial charge in [-0.15, -0.1) is 0 Å². The fourth-order valence-electron chi connectivity index (χ4n) is 17.8. The number of hydrogen-bond acceptors (Lipinski definition) is 4. The van der Waals surface area contributed by atoms with Crippen LogP contribution in [0.5, 0.6) is 11.5 Å². The van der Waals surface area contributed by atoms with Crippen LogP contribution < -0.4 is 9.47 Å². The number of methoxy groups -OCH3 is 2. The van der Waals surface area contributed by atoms with Gasteiger partial charge in [-0.25, -0.2) is 0 Å². The van der Waals surface area contributed by atoms with Crippen LogP contribution in [0.3, 0.4) is 0 Å². The molecule has 12 aliphatic rings. The third-order valence-corrected chi connectivity index (χ3v) is 17.7. The average Bonchev–Trinajstić information content (AvgIpc) is 3.96. The van der Waals surface area contributed by atoms with Gasteiger partial charge in [-0.05, 0) is 163 Å². The van der Waals surface area contributed by atoms with Gasteiger partial charge < -0.3 is 9.47 Å². The second kappa shape index (κ2) is 8.53. The summed E-state index contributed by atoms with van der Waals surface area (Å²) in [5, 5.41) is 22.4. The molecule has 46 heavy (non-hydrogen) atoms. The van der Waals surface area contributed by atoms with Crippen molar-refractivity contribution in [3.05, 3.63) is 46.5 Å². The van der Waals surface area contributed by atoms with Gasteiger partial charge in [0.05, 0.1) is 14.2 Å². The van der Waals surface area contributed by atoms with E-state index in [2.05, 4.69) is 36.4 Å². The van der Waals surface area contributed by atoms with Crippen LogP contribution in [0.2, 0.25) is 0 Å². The number of allylic oxidation sites excluding steroid dienone is 2. The summed E-state index contributed by atoms with van der Waals surface area (Å²) in [6, 6.07) is 13.6. The van der Waals surface area contributed by atoms with Crippen LogP contribution in [0.4, 0.5) is 0 Å². The Labute approximate surface area is 272 Å². The normalized spacial score (nSPS) is 51.3. The molecule has 0 spiro atoms. The summed E-state index contributed by atoms with van der Waals surface area (Å²) in [5.41, 5.74) is 4.90. The molecule has 10 saturated carbocycles. The molecule has 10 bridgehead atoms. The lowest BCUT2D eigenvalue weighted by atomic mass is 9.41. The fraction of sp³-hybridized carbons (Fsp3) is 0.667. The Hall–Kier alpha value is -2.98. The molecule has 0 aromatic heterocycles. The van der Waals surface area contributed by atoms with E-state index >= 15 is 0 Å². The minimum absolute atomic E-state index is 0.502. The van der Waals surface area contributed by atoms with Gasteiger partial charge in [0, 0.05) is 21.9 Å². The SMILES string of the molecule is COc1c2c(c(OC)c3ccccc13)[C@@H]1CC[C@H]2C2C1[C@@H]1C[C@H]2C2C1[C@H]1C[C@@H]2C2C1[C@@H]1CC[C@H]2[C@H]2[C@@H]1[C@H]1CC[C@@H]2C1=C(C#N)C#N. The maximum Gasteiger partial charge on any atom is 0.130 e. The Bertz CT molecular complexity index is 1730. The molecule has 10 fully saturated rings. The molecule has 234 valence electrons. The molecule has 0 radical (unpaired) electrons. The van der Waals surface area contributed by atoms with E-state index in [0.29, 0.717) is 29.2 Å². The van der Waals surface area contributed by atoms with Crippen LogP contribution in [0.15, 0.2) is 35.4 Å². The molecule has 0 heterocycles. The minimum atomic E-state index is 0.502. The Morgan fingerprint density at radius 1 is 0.543 bits per heavy atom. The summed E-state index contributed by atoms with van der Waals surface area (Å²) in [4.78, 5) is 0. The highest BCUT2D eigenvalue weighted by Gasteiger charge is 2.77. The first-order valence-electron chi connectivity index (χ1n) is 18.9. The molecule has 14 rings (SSSR count). The number of nitrogens with zero attached hydrogens (tertiary/aromatic N) is 2. The number of benzene rings is 2. The van der Waals surface area contributed by atoms with Crippen LogP contribution in [0.25, 0.3) is 10.8 Å². The molecule has 2 aromatic carbocycles. The molecule has 4 nitrogen and oxygen atoms in total. The first kappa shape index (κ1) is 26.0. The number of fused-ring (bicyclic) bond motifs is 14. The molecule has 6 unspecified atom stereocenters. The largest absolute Gasteiger partial charge is 0.496 e. The van der Waals surface area contributed by atoms with Crippen molar-refractivity contribution in [1.29, 1.82) is 10.5 Å². The number of nitriles is 2. The third-order valence-electron chi connectivity index (χ3n) is 17.7. The summed E-state index contributed by atoms with van der Waals surface area (Å²) < 4.78 is 12.7. The summed E-state index contributed by atoms with van der Waals surface area (Å²) in [7, 11) is 3.80. The molecule has 12 aliphatic carbocycles.